The zero-order chi connectivity index (χ0) is 21.1. The molecule has 6 aliphatic carbocycles. The first-order chi connectivity index (χ1) is 14.2. The molecule has 4 atom stereocenters. The van der Waals surface area contributed by atoms with Gasteiger partial charge in [-0.15, -0.1) is 0 Å². The second-order valence-electron chi connectivity index (χ2n) is 10.5. The Labute approximate surface area is 177 Å². The predicted molar refractivity (Wildman–Crippen MR) is 105 cm³/mol. The Hall–Kier alpha value is -1.41. The van der Waals surface area contributed by atoms with Crippen molar-refractivity contribution in [2.75, 3.05) is 19.0 Å². The second kappa shape index (κ2) is 7.33. The molecule has 6 rings (SSSR count). The Morgan fingerprint density at radius 1 is 0.867 bits per heavy atom. The lowest BCUT2D eigenvalue weighted by Crippen LogP contribution is -2.49. The normalized spacial score (nSPS) is 43.2. The molecule has 0 spiro atoms. The highest BCUT2D eigenvalue weighted by Gasteiger charge is 2.55. The van der Waals surface area contributed by atoms with E-state index in [1.165, 1.54) is 19.3 Å². The van der Waals surface area contributed by atoms with Crippen molar-refractivity contribution in [2.24, 2.45) is 46.8 Å². The summed E-state index contributed by atoms with van der Waals surface area (Å²) in [5, 5.41) is 0. The van der Waals surface area contributed by atoms with E-state index in [1.54, 1.807) is 0 Å². The number of ether oxygens (including phenoxy) is 2. The maximum absolute atomic E-state index is 13.1. The monoisotopic (exact) mass is 437 g/mol. The highest BCUT2D eigenvalue weighted by Crippen LogP contribution is 2.60. The molecule has 30 heavy (non-hydrogen) atoms. The number of carbonyl (C=O) groups excluding carboxylic acids is 2. The Morgan fingerprint density at radius 2 is 1.37 bits per heavy atom. The summed E-state index contributed by atoms with van der Waals surface area (Å²) in [6, 6.07) is 0. The average molecular weight is 438 g/mol. The van der Waals surface area contributed by atoms with Crippen LogP contribution in [0.3, 0.4) is 0 Å². The van der Waals surface area contributed by atoms with Gasteiger partial charge in [-0.2, -0.15) is 0 Å². The topological polar surface area (TPSA) is 110 Å². The summed E-state index contributed by atoms with van der Waals surface area (Å²) in [7, 11) is -4.45. The van der Waals surface area contributed by atoms with Crippen LogP contribution in [0.4, 0.5) is 0 Å². The van der Waals surface area contributed by atoms with Crippen molar-refractivity contribution in [1.29, 1.82) is 0 Å². The van der Waals surface area contributed by atoms with Crippen molar-refractivity contribution in [1.82, 2.24) is 0 Å². The van der Waals surface area contributed by atoms with Crippen molar-refractivity contribution >= 4 is 22.1 Å². The maximum atomic E-state index is 13.1. The van der Waals surface area contributed by atoms with E-state index in [2.05, 4.69) is 0 Å². The second-order valence-corrected chi connectivity index (χ2v) is 12.0. The van der Waals surface area contributed by atoms with Crippen molar-refractivity contribution in [3.05, 3.63) is 12.2 Å². The molecule has 8 heteroatoms. The molecule has 5 saturated carbocycles. The Morgan fingerprint density at radius 3 is 1.87 bits per heavy atom. The van der Waals surface area contributed by atoms with E-state index in [0.717, 1.165) is 37.0 Å². The van der Waals surface area contributed by atoms with Gasteiger partial charge in [0.25, 0.3) is 0 Å². The quantitative estimate of drug-likeness (QED) is 0.341. The molecular weight excluding hydrogens is 408 g/mol. The summed E-state index contributed by atoms with van der Waals surface area (Å²) in [5.74, 6) is -0.725. The summed E-state index contributed by atoms with van der Waals surface area (Å²) in [4.78, 5) is 25.7. The zero-order valence-corrected chi connectivity index (χ0v) is 17.8. The molecule has 0 aromatic rings. The molecule has 7 nitrogen and oxygen atoms in total. The van der Waals surface area contributed by atoms with Gasteiger partial charge in [-0.25, -0.2) is 8.42 Å². The molecule has 4 unspecified atom stereocenters. The number of esters is 2. The number of hydrogen-bond donors (Lipinski definition) is 0. The molecule has 0 amide bonds. The lowest BCUT2D eigenvalue weighted by molar-refractivity contribution is -0.168. The van der Waals surface area contributed by atoms with E-state index in [-0.39, 0.29) is 23.2 Å². The number of rotatable bonds is 7. The van der Waals surface area contributed by atoms with Crippen LogP contribution in [0.5, 0.6) is 0 Å². The summed E-state index contributed by atoms with van der Waals surface area (Å²) < 4.78 is 43.2. The van der Waals surface area contributed by atoms with Crippen LogP contribution in [0.25, 0.3) is 0 Å². The molecule has 0 aromatic heterocycles. The van der Waals surface area contributed by atoms with Crippen LogP contribution < -0.4 is 0 Å². The SMILES string of the molecule is O=C(OCCS(=O)(=O)[O-])C1C2C=CC(C2)C1C(=O)OCC12CC3CC(CC(C3)C1)C2. The van der Waals surface area contributed by atoms with Crippen LogP contribution in [0.2, 0.25) is 0 Å². The van der Waals surface area contributed by atoms with Gasteiger partial charge < -0.3 is 14.0 Å². The number of hydrogen-bond acceptors (Lipinski definition) is 7. The van der Waals surface area contributed by atoms with Crippen LogP contribution in [0, 0.1) is 46.8 Å². The summed E-state index contributed by atoms with van der Waals surface area (Å²) in [6.07, 6.45) is 12.1. The minimum absolute atomic E-state index is 0.0420. The Balaban J connectivity index is 1.22. The van der Waals surface area contributed by atoms with Gasteiger partial charge in [-0.1, -0.05) is 12.2 Å². The molecule has 0 aliphatic heterocycles. The predicted octanol–water partition coefficient (Wildman–Crippen LogP) is 2.27. The van der Waals surface area contributed by atoms with E-state index in [0.29, 0.717) is 13.0 Å². The van der Waals surface area contributed by atoms with Crippen LogP contribution in [-0.4, -0.2) is 43.9 Å². The largest absolute Gasteiger partial charge is 0.748 e. The molecule has 0 aromatic carbocycles. The van der Waals surface area contributed by atoms with Crippen LogP contribution in [0.15, 0.2) is 12.2 Å². The third-order valence-electron chi connectivity index (χ3n) is 8.27. The highest BCUT2D eigenvalue weighted by molar-refractivity contribution is 7.85. The van der Waals surface area contributed by atoms with Crippen LogP contribution >= 0.6 is 0 Å². The molecule has 0 saturated heterocycles. The van der Waals surface area contributed by atoms with Crippen molar-refractivity contribution in [3.8, 4) is 0 Å². The number of fused-ring (bicyclic) bond motifs is 2. The van der Waals surface area contributed by atoms with E-state index in [9.17, 15) is 22.6 Å². The van der Waals surface area contributed by atoms with Gasteiger partial charge in [0.15, 0.2) is 0 Å². The fourth-order valence-electron chi connectivity index (χ4n) is 7.59. The first kappa shape index (κ1) is 20.5. The van der Waals surface area contributed by atoms with E-state index >= 15 is 0 Å². The number of allylic oxidation sites excluding steroid dienone is 2. The summed E-state index contributed by atoms with van der Waals surface area (Å²) in [6.45, 7) is -0.0273. The zero-order valence-electron chi connectivity index (χ0n) is 17.0. The molecule has 0 radical (unpaired) electrons. The first-order valence-electron chi connectivity index (χ1n) is 11.2. The maximum Gasteiger partial charge on any atom is 0.310 e. The lowest BCUT2D eigenvalue weighted by Gasteiger charge is -2.56. The van der Waals surface area contributed by atoms with Crippen LogP contribution in [0.1, 0.15) is 44.9 Å². The summed E-state index contributed by atoms with van der Waals surface area (Å²) >= 11 is 0. The van der Waals surface area contributed by atoms with Gasteiger partial charge in [0.2, 0.25) is 0 Å². The molecule has 0 heterocycles. The molecule has 5 fully saturated rings. The van der Waals surface area contributed by atoms with Crippen molar-refractivity contribution in [2.45, 2.75) is 44.9 Å². The fraction of sp³-hybridized carbons (Fsp3) is 0.818. The third-order valence-corrected chi connectivity index (χ3v) is 8.93. The third kappa shape index (κ3) is 3.81. The number of carbonyl (C=O) groups is 2. The van der Waals surface area contributed by atoms with Gasteiger partial charge in [-0.3, -0.25) is 9.59 Å². The van der Waals surface area contributed by atoms with E-state index < -0.39 is 40.3 Å². The minimum Gasteiger partial charge on any atom is -0.748 e. The van der Waals surface area contributed by atoms with Gasteiger partial charge in [0, 0.05) is 5.41 Å². The minimum atomic E-state index is -4.45. The Kier molecular flexibility index (Phi) is 5.01. The highest BCUT2D eigenvalue weighted by atomic mass is 32.2. The van der Waals surface area contributed by atoms with Gasteiger partial charge in [0.1, 0.15) is 6.61 Å². The molecule has 6 aliphatic rings. The molecule has 166 valence electrons. The average Bonchev–Trinajstić information content (AvgIpc) is 3.25. The van der Waals surface area contributed by atoms with Gasteiger partial charge in [0.05, 0.1) is 34.3 Å². The summed E-state index contributed by atoms with van der Waals surface area (Å²) in [5.41, 5.74) is 0.121. The fourth-order valence-corrected chi connectivity index (χ4v) is 7.88. The van der Waals surface area contributed by atoms with Crippen molar-refractivity contribution < 1.29 is 32.0 Å². The molecular formula is C22H29O7S-. The molecule has 6 bridgehead atoms. The first-order valence-corrected chi connectivity index (χ1v) is 12.7. The smallest absolute Gasteiger partial charge is 0.310 e. The molecule has 0 N–H and O–H groups in total. The van der Waals surface area contributed by atoms with Crippen molar-refractivity contribution in [3.63, 3.8) is 0 Å². The Bertz CT molecular complexity index is 825. The van der Waals surface area contributed by atoms with Crippen LogP contribution in [-0.2, 0) is 29.2 Å². The van der Waals surface area contributed by atoms with E-state index in [4.69, 9.17) is 9.47 Å². The van der Waals surface area contributed by atoms with Gasteiger partial charge in [-0.05, 0) is 74.5 Å². The van der Waals surface area contributed by atoms with Gasteiger partial charge >= 0.3 is 11.9 Å². The van der Waals surface area contributed by atoms with E-state index in [1.807, 2.05) is 12.2 Å². The lowest BCUT2D eigenvalue weighted by atomic mass is 9.50. The standard InChI is InChI=1S/C22H30O7S/c23-20(28-3-4-30(25,26)27)18-16-1-2-17(8-16)19(18)21(24)29-12-22-9-13-5-14(10-22)7-15(6-13)11-22/h1-2,13-19H,3-12H2,(H,25,26,27)/p-1.